The van der Waals surface area contributed by atoms with Gasteiger partial charge in [0.2, 0.25) is 0 Å². The quantitative estimate of drug-likeness (QED) is 0.249. The lowest BCUT2D eigenvalue weighted by atomic mass is 9.80. The molecule has 0 aliphatic heterocycles. The minimum Gasteiger partial charge on any atom is -0.294 e. The summed E-state index contributed by atoms with van der Waals surface area (Å²) in [6.07, 6.45) is 4.07. The topological polar surface area (TPSA) is 52.7 Å². The van der Waals surface area contributed by atoms with E-state index in [0.29, 0.717) is 28.4 Å². The molecule has 0 N–H and O–H groups in total. The van der Waals surface area contributed by atoms with Crippen LogP contribution in [0.5, 0.6) is 0 Å². The Morgan fingerprint density at radius 3 is 2.49 bits per heavy atom. The van der Waals surface area contributed by atoms with E-state index >= 15 is 0 Å². The van der Waals surface area contributed by atoms with Gasteiger partial charge in [0.25, 0.3) is 0 Å². The average molecular weight is 487 g/mol. The van der Waals surface area contributed by atoms with E-state index < -0.39 is 0 Å². The molecular weight excluding hydrogens is 463 g/mol. The molecular formula is C28H24ClFN4O. The molecule has 0 radical (unpaired) electrons. The molecule has 0 aliphatic carbocycles. The largest absolute Gasteiger partial charge is 0.294 e. The zero-order chi connectivity index (χ0) is 24.7. The number of aromatic nitrogens is 4. The number of hydrogen-bond acceptors (Lipinski definition) is 3. The molecule has 0 spiro atoms. The van der Waals surface area contributed by atoms with Crippen LogP contribution < -0.4 is 0 Å². The second-order valence-electron chi connectivity index (χ2n) is 9.34. The number of ketones is 1. The van der Waals surface area contributed by atoms with E-state index in [1.54, 1.807) is 27.7 Å². The molecule has 2 heterocycles. The van der Waals surface area contributed by atoms with E-state index in [0.717, 1.165) is 22.0 Å². The smallest absolute Gasteiger partial charge is 0.163 e. The van der Waals surface area contributed by atoms with Crippen molar-refractivity contribution in [1.82, 2.24) is 19.6 Å². The lowest BCUT2D eigenvalue weighted by Gasteiger charge is -2.22. The molecule has 0 aliphatic rings. The fourth-order valence-electron chi connectivity index (χ4n) is 4.30. The van der Waals surface area contributed by atoms with Crippen molar-refractivity contribution in [3.05, 3.63) is 101 Å². The second kappa shape index (κ2) is 8.78. The normalized spacial score (nSPS) is 11.8. The Hall–Kier alpha value is -3.77. The summed E-state index contributed by atoms with van der Waals surface area (Å²) in [6.45, 7) is 4.08. The Kier molecular flexibility index (Phi) is 5.77. The van der Waals surface area contributed by atoms with Crippen LogP contribution in [0.25, 0.3) is 27.8 Å². The third-order valence-electron chi connectivity index (χ3n) is 6.29. The number of carbonyl (C=O) groups excluding carboxylic acids is 1. The van der Waals surface area contributed by atoms with Crippen LogP contribution in [0.15, 0.2) is 79.1 Å². The van der Waals surface area contributed by atoms with Crippen molar-refractivity contribution < 1.29 is 9.18 Å². The molecule has 0 saturated carbocycles. The maximum atomic E-state index is 13.6. The zero-order valence-corrected chi connectivity index (χ0v) is 20.4. The van der Waals surface area contributed by atoms with Crippen molar-refractivity contribution in [1.29, 1.82) is 0 Å². The first-order valence-corrected chi connectivity index (χ1v) is 11.7. The lowest BCUT2D eigenvalue weighted by Crippen LogP contribution is -2.21. The average Bonchev–Trinajstić information content (AvgIpc) is 3.44. The van der Waals surface area contributed by atoms with E-state index in [-0.39, 0.29) is 17.0 Å². The summed E-state index contributed by atoms with van der Waals surface area (Å²) in [4.78, 5) is 13.4. The van der Waals surface area contributed by atoms with Gasteiger partial charge in [0.15, 0.2) is 5.78 Å². The lowest BCUT2D eigenvalue weighted by molar-refractivity contribution is 0.0958. The number of carbonyl (C=O) groups is 1. The van der Waals surface area contributed by atoms with Gasteiger partial charge in [-0.1, -0.05) is 49.7 Å². The minimum absolute atomic E-state index is 0.0203. The van der Waals surface area contributed by atoms with Crippen molar-refractivity contribution in [2.45, 2.75) is 25.7 Å². The van der Waals surface area contributed by atoms with E-state index in [1.165, 1.54) is 12.1 Å². The molecule has 0 atom stereocenters. The molecule has 0 saturated heterocycles. The molecule has 0 amide bonds. The summed E-state index contributed by atoms with van der Waals surface area (Å²) in [5, 5.41) is 10.5. The number of halogens is 2. The van der Waals surface area contributed by atoms with Crippen molar-refractivity contribution >= 4 is 28.3 Å². The van der Waals surface area contributed by atoms with Crippen LogP contribution in [0.2, 0.25) is 5.02 Å². The monoisotopic (exact) mass is 486 g/mol. The fourth-order valence-corrected chi connectivity index (χ4v) is 4.52. The number of aryl methyl sites for hydroxylation is 1. The van der Waals surface area contributed by atoms with Gasteiger partial charge in [-0.2, -0.15) is 10.2 Å². The maximum Gasteiger partial charge on any atom is 0.163 e. The van der Waals surface area contributed by atoms with Crippen molar-refractivity contribution in [3.63, 3.8) is 0 Å². The first-order valence-electron chi connectivity index (χ1n) is 11.3. The summed E-state index contributed by atoms with van der Waals surface area (Å²) >= 11 is 6.49. The van der Waals surface area contributed by atoms with E-state index in [9.17, 15) is 9.18 Å². The summed E-state index contributed by atoms with van der Waals surface area (Å²) in [5.74, 6) is -0.308. The molecule has 0 bridgehead atoms. The highest BCUT2D eigenvalue weighted by Crippen LogP contribution is 2.35. The van der Waals surface area contributed by atoms with E-state index in [4.69, 9.17) is 16.7 Å². The number of benzene rings is 3. The Morgan fingerprint density at radius 1 is 1.06 bits per heavy atom. The van der Waals surface area contributed by atoms with Gasteiger partial charge in [0.05, 0.1) is 22.4 Å². The van der Waals surface area contributed by atoms with Gasteiger partial charge in [-0.15, -0.1) is 0 Å². The summed E-state index contributed by atoms with van der Waals surface area (Å²) in [6, 6.07) is 19.2. The highest BCUT2D eigenvalue weighted by atomic mass is 35.5. The molecule has 0 unspecified atom stereocenters. The Bertz CT molecular complexity index is 1550. The number of nitrogens with zero attached hydrogens (tertiary/aromatic N) is 4. The van der Waals surface area contributed by atoms with Gasteiger partial charge in [-0.05, 0) is 53.4 Å². The van der Waals surface area contributed by atoms with Crippen molar-refractivity contribution in [2.75, 3.05) is 0 Å². The molecule has 5 rings (SSSR count). The highest BCUT2D eigenvalue weighted by Gasteiger charge is 2.27. The summed E-state index contributed by atoms with van der Waals surface area (Å²) < 4.78 is 17.1. The predicted octanol–water partition coefficient (Wildman–Crippen LogP) is 6.77. The summed E-state index contributed by atoms with van der Waals surface area (Å²) in [7, 11) is 1.86. The Morgan fingerprint density at radius 2 is 1.80 bits per heavy atom. The van der Waals surface area contributed by atoms with Gasteiger partial charge < -0.3 is 0 Å². The van der Waals surface area contributed by atoms with Crippen LogP contribution in [0.4, 0.5) is 4.39 Å². The SMILES string of the molecule is Cn1cc(C(C)(C)CC(=O)c2ccc3c(-c4ccccc4Cl)nn(-c4ccc(F)cc4)c3c2)cn1. The number of Topliss-reactive ketones (excluding diaryl/α,β-unsaturated/α-hetero) is 1. The second-order valence-corrected chi connectivity index (χ2v) is 9.74. The number of fused-ring (bicyclic) bond motifs is 1. The molecule has 7 heteroatoms. The van der Waals surface area contributed by atoms with Crippen LogP contribution in [0.3, 0.4) is 0 Å². The summed E-state index contributed by atoms with van der Waals surface area (Å²) in [5.41, 5.74) is 4.14. The van der Waals surface area contributed by atoms with Gasteiger partial charge in [-0.25, -0.2) is 9.07 Å². The first kappa shape index (κ1) is 23.0. The van der Waals surface area contributed by atoms with E-state index in [2.05, 4.69) is 5.10 Å². The number of hydrogen-bond donors (Lipinski definition) is 0. The standard InChI is InChI=1S/C28H24ClFN4O/c1-28(2,19-16-31-33(3)17-19)15-26(35)18-8-13-23-25(14-18)34(21-11-9-20(30)10-12-21)32-27(23)22-6-4-5-7-24(22)29/h4-14,16-17H,15H2,1-3H3. The molecule has 2 aromatic heterocycles. The fraction of sp³-hybridized carbons (Fsp3) is 0.179. The Labute approximate surface area is 207 Å². The molecule has 5 aromatic rings. The third kappa shape index (κ3) is 4.37. The maximum absolute atomic E-state index is 13.6. The van der Waals surface area contributed by atoms with Gasteiger partial charge >= 0.3 is 0 Å². The molecule has 3 aromatic carbocycles. The molecule has 0 fully saturated rings. The van der Waals surface area contributed by atoms with Crippen LogP contribution in [0, 0.1) is 5.82 Å². The van der Waals surface area contributed by atoms with Crippen LogP contribution in [-0.2, 0) is 12.5 Å². The molecule has 35 heavy (non-hydrogen) atoms. The number of rotatable bonds is 6. The van der Waals surface area contributed by atoms with Crippen molar-refractivity contribution in [2.24, 2.45) is 7.05 Å². The van der Waals surface area contributed by atoms with Crippen LogP contribution in [-0.4, -0.2) is 25.3 Å². The molecule has 5 nitrogen and oxygen atoms in total. The van der Waals surface area contributed by atoms with Crippen LogP contribution in [0.1, 0.15) is 36.2 Å². The van der Waals surface area contributed by atoms with Gasteiger partial charge in [0, 0.05) is 36.2 Å². The predicted molar refractivity (Wildman–Crippen MR) is 137 cm³/mol. The third-order valence-corrected chi connectivity index (χ3v) is 6.62. The van der Waals surface area contributed by atoms with Gasteiger partial charge in [0.1, 0.15) is 11.5 Å². The zero-order valence-electron chi connectivity index (χ0n) is 19.7. The first-order chi connectivity index (χ1) is 16.7. The Balaban J connectivity index is 1.61. The van der Waals surface area contributed by atoms with E-state index in [1.807, 2.05) is 69.6 Å². The van der Waals surface area contributed by atoms with Crippen molar-refractivity contribution in [3.8, 4) is 16.9 Å². The van der Waals surface area contributed by atoms with Crippen LogP contribution >= 0.6 is 11.6 Å². The van der Waals surface area contributed by atoms with Gasteiger partial charge in [-0.3, -0.25) is 9.48 Å². The minimum atomic E-state index is -0.375. The molecule has 176 valence electrons. The highest BCUT2D eigenvalue weighted by molar-refractivity contribution is 6.33.